The minimum absolute atomic E-state index is 0.113. The lowest BCUT2D eigenvalue weighted by atomic mass is 9.96. The van der Waals surface area contributed by atoms with Gasteiger partial charge in [-0.3, -0.25) is 9.59 Å². The van der Waals surface area contributed by atoms with Crippen molar-refractivity contribution in [1.29, 1.82) is 0 Å². The number of benzene rings is 2. The van der Waals surface area contributed by atoms with Crippen LogP contribution in [0.15, 0.2) is 53.4 Å². The quantitative estimate of drug-likeness (QED) is 0.662. The standard InChI is InChI=1S/C23H30N4O4S/c1-16(2)26(3)32(30,31)19-10-8-18(9-11-19)23(29)25-20-6-4-5-7-21(20)27-14-12-17(13-15-27)22(24)28/h4-11,16-17H,12-15H2,1-3H3,(H2,24,28)(H,25,29). The van der Waals surface area contributed by atoms with Crippen LogP contribution in [-0.2, 0) is 14.8 Å². The zero-order valence-electron chi connectivity index (χ0n) is 18.6. The molecule has 1 aliphatic rings. The fourth-order valence-corrected chi connectivity index (χ4v) is 5.04. The van der Waals surface area contributed by atoms with Crippen molar-refractivity contribution in [2.45, 2.75) is 37.6 Å². The zero-order valence-corrected chi connectivity index (χ0v) is 19.4. The van der Waals surface area contributed by atoms with Crippen molar-refractivity contribution in [3.05, 3.63) is 54.1 Å². The Hall–Kier alpha value is -2.91. The van der Waals surface area contributed by atoms with Gasteiger partial charge in [0, 0.05) is 37.7 Å². The van der Waals surface area contributed by atoms with Gasteiger partial charge in [0.1, 0.15) is 0 Å². The minimum atomic E-state index is -3.61. The number of nitrogens with two attached hydrogens (primary N) is 1. The molecule has 0 radical (unpaired) electrons. The summed E-state index contributed by atoms with van der Waals surface area (Å²) >= 11 is 0. The number of rotatable bonds is 7. The normalized spacial score (nSPS) is 15.2. The summed E-state index contributed by atoms with van der Waals surface area (Å²) in [7, 11) is -2.08. The lowest BCUT2D eigenvalue weighted by Crippen LogP contribution is -2.38. The molecule has 0 unspecified atom stereocenters. The zero-order chi connectivity index (χ0) is 23.5. The molecule has 1 fully saturated rings. The van der Waals surface area contributed by atoms with Crippen molar-refractivity contribution in [1.82, 2.24) is 4.31 Å². The summed E-state index contributed by atoms with van der Waals surface area (Å²) < 4.78 is 26.5. The third kappa shape index (κ3) is 5.11. The average molecular weight is 459 g/mol. The number of hydrogen-bond acceptors (Lipinski definition) is 5. The molecule has 1 heterocycles. The SMILES string of the molecule is CC(C)N(C)S(=O)(=O)c1ccc(C(=O)Nc2ccccc2N2CCC(C(N)=O)CC2)cc1. The Kier molecular flexibility index (Phi) is 7.20. The summed E-state index contributed by atoms with van der Waals surface area (Å²) in [4.78, 5) is 26.5. The van der Waals surface area contributed by atoms with Crippen molar-refractivity contribution < 1.29 is 18.0 Å². The van der Waals surface area contributed by atoms with Crippen LogP contribution < -0.4 is 16.0 Å². The summed E-state index contributed by atoms with van der Waals surface area (Å²) in [6.45, 7) is 4.95. The fourth-order valence-electron chi connectivity index (χ4n) is 3.68. The predicted molar refractivity (Wildman–Crippen MR) is 125 cm³/mol. The highest BCUT2D eigenvalue weighted by Gasteiger charge is 2.25. The Bertz CT molecular complexity index is 1080. The average Bonchev–Trinajstić information content (AvgIpc) is 2.79. The molecule has 0 atom stereocenters. The molecular weight excluding hydrogens is 428 g/mol. The Morgan fingerprint density at radius 3 is 2.22 bits per heavy atom. The molecule has 9 heteroatoms. The smallest absolute Gasteiger partial charge is 0.255 e. The van der Waals surface area contributed by atoms with E-state index in [-0.39, 0.29) is 28.7 Å². The van der Waals surface area contributed by atoms with E-state index in [1.165, 1.54) is 35.6 Å². The summed E-state index contributed by atoms with van der Waals surface area (Å²) in [5, 5.41) is 2.93. The second-order valence-corrected chi connectivity index (χ2v) is 10.3. The maximum absolute atomic E-state index is 12.8. The number of sulfonamides is 1. The summed E-state index contributed by atoms with van der Waals surface area (Å²) in [5.41, 5.74) is 7.32. The topological polar surface area (TPSA) is 113 Å². The molecule has 0 aromatic heterocycles. The highest BCUT2D eigenvalue weighted by atomic mass is 32.2. The summed E-state index contributed by atoms with van der Waals surface area (Å²) in [6.07, 6.45) is 1.36. The predicted octanol–water partition coefficient (Wildman–Crippen LogP) is 2.67. The molecule has 3 N–H and O–H groups in total. The number of carbonyl (C=O) groups is 2. The van der Waals surface area contributed by atoms with E-state index < -0.39 is 10.0 Å². The number of hydrogen-bond donors (Lipinski definition) is 2. The number of amides is 2. The maximum Gasteiger partial charge on any atom is 0.255 e. The van der Waals surface area contributed by atoms with Crippen molar-refractivity contribution in [3.63, 3.8) is 0 Å². The van der Waals surface area contributed by atoms with Gasteiger partial charge in [-0.05, 0) is 63.1 Å². The highest BCUT2D eigenvalue weighted by Crippen LogP contribution is 2.30. The third-order valence-electron chi connectivity index (χ3n) is 5.91. The van der Waals surface area contributed by atoms with Gasteiger partial charge in [0.2, 0.25) is 15.9 Å². The molecule has 0 bridgehead atoms. The summed E-state index contributed by atoms with van der Waals surface area (Å²) in [6, 6.07) is 13.2. The van der Waals surface area contributed by atoms with Gasteiger partial charge >= 0.3 is 0 Å². The molecule has 32 heavy (non-hydrogen) atoms. The van der Waals surface area contributed by atoms with Crippen LogP contribution in [0.1, 0.15) is 37.0 Å². The third-order valence-corrected chi connectivity index (χ3v) is 7.96. The van der Waals surface area contributed by atoms with E-state index in [9.17, 15) is 18.0 Å². The van der Waals surface area contributed by atoms with Crippen LogP contribution in [-0.4, -0.2) is 50.7 Å². The van der Waals surface area contributed by atoms with Crippen LogP contribution in [0.3, 0.4) is 0 Å². The van der Waals surface area contributed by atoms with Gasteiger partial charge < -0.3 is 16.0 Å². The minimum Gasteiger partial charge on any atom is -0.370 e. The fraction of sp³-hybridized carbons (Fsp3) is 0.391. The largest absolute Gasteiger partial charge is 0.370 e. The monoisotopic (exact) mass is 458 g/mol. The molecule has 2 aromatic rings. The highest BCUT2D eigenvalue weighted by molar-refractivity contribution is 7.89. The number of piperidine rings is 1. The van der Waals surface area contributed by atoms with Crippen LogP contribution in [0, 0.1) is 5.92 Å². The number of nitrogens with one attached hydrogen (secondary N) is 1. The Balaban J connectivity index is 1.74. The van der Waals surface area contributed by atoms with Crippen LogP contribution in [0.5, 0.6) is 0 Å². The Morgan fingerprint density at radius 2 is 1.66 bits per heavy atom. The summed E-state index contributed by atoms with van der Waals surface area (Å²) in [5.74, 6) is -0.709. The van der Waals surface area contributed by atoms with E-state index in [0.29, 0.717) is 37.2 Å². The molecule has 0 saturated carbocycles. The second-order valence-electron chi connectivity index (χ2n) is 8.27. The van der Waals surface area contributed by atoms with Crippen molar-refractivity contribution in [3.8, 4) is 0 Å². The van der Waals surface area contributed by atoms with E-state index in [2.05, 4.69) is 10.2 Å². The number of nitrogens with zero attached hydrogens (tertiary/aromatic N) is 2. The first kappa shape index (κ1) is 23.7. The van der Waals surface area contributed by atoms with Gasteiger partial charge in [-0.2, -0.15) is 4.31 Å². The van der Waals surface area contributed by atoms with E-state index in [1.54, 1.807) is 13.8 Å². The molecule has 8 nitrogen and oxygen atoms in total. The van der Waals surface area contributed by atoms with Crippen LogP contribution in [0.2, 0.25) is 0 Å². The van der Waals surface area contributed by atoms with Crippen molar-refractivity contribution in [2.24, 2.45) is 11.7 Å². The van der Waals surface area contributed by atoms with Gasteiger partial charge in [0.25, 0.3) is 5.91 Å². The van der Waals surface area contributed by atoms with E-state index in [1.807, 2.05) is 24.3 Å². The molecule has 0 spiro atoms. The molecule has 172 valence electrons. The van der Waals surface area contributed by atoms with Crippen molar-refractivity contribution >= 4 is 33.2 Å². The first-order valence-electron chi connectivity index (χ1n) is 10.6. The molecular formula is C23H30N4O4S. The Labute approximate surface area is 189 Å². The number of anilines is 2. The molecule has 0 aliphatic carbocycles. The number of para-hydroxylation sites is 2. The van der Waals surface area contributed by atoms with Gasteiger partial charge in [0.05, 0.1) is 16.3 Å². The Morgan fingerprint density at radius 1 is 1.06 bits per heavy atom. The van der Waals surface area contributed by atoms with Crippen molar-refractivity contribution in [2.75, 3.05) is 30.4 Å². The van der Waals surface area contributed by atoms with Gasteiger partial charge in [-0.25, -0.2) is 8.42 Å². The lowest BCUT2D eigenvalue weighted by Gasteiger charge is -2.33. The van der Waals surface area contributed by atoms with E-state index >= 15 is 0 Å². The van der Waals surface area contributed by atoms with Gasteiger partial charge in [0.15, 0.2) is 0 Å². The molecule has 2 aromatic carbocycles. The first-order chi connectivity index (χ1) is 15.1. The van der Waals surface area contributed by atoms with E-state index in [0.717, 1.165) is 5.69 Å². The molecule has 3 rings (SSSR count). The number of primary amides is 1. The van der Waals surface area contributed by atoms with Crippen LogP contribution in [0.4, 0.5) is 11.4 Å². The van der Waals surface area contributed by atoms with Gasteiger partial charge in [-0.15, -0.1) is 0 Å². The lowest BCUT2D eigenvalue weighted by molar-refractivity contribution is -0.122. The second kappa shape index (κ2) is 9.70. The van der Waals surface area contributed by atoms with Gasteiger partial charge in [-0.1, -0.05) is 12.1 Å². The maximum atomic E-state index is 12.8. The molecule has 1 aliphatic heterocycles. The van der Waals surface area contributed by atoms with E-state index in [4.69, 9.17) is 5.73 Å². The molecule has 1 saturated heterocycles. The number of carbonyl (C=O) groups excluding carboxylic acids is 2. The molecule has 2 amide bonds. The first-order valence-corrected chi connectivity index (χ1v) is 12.1. The van der Waals surface area contributed by atoms with Crippen LogP contribution >= 0.6 is 0 Å². The van der Waals surface area contributed by atoms with Crippen LogP contribution in [0.25, 0.3) is 0 Å².